The number of aromatic carboxylic acids is 1. The minimum absolute atomic E-state index is 0.116. The van der Waals surface area contributed by atoms with Crippen LogP contribution in [0.1, 0.15) is 23.2 Å². The molecule has 0 saturated carbocycles. The summed E-state index contributed by atoms with van der Waals surface area (Å²) in [5.74, 6) is -1.04. The van der Waals surface area contributed by atoms with Crippen molar-refractivity contribution in [3.8, 4) is 0 Å². The number of halogens is 1. The van der Waals surface area contributed by atoms with E-state index in [1.807, 2.05) is 0 Å². The Morgan fingerprint density at radius 1 is 1.29 bits per heavy atom. The summed E-state index contributed by atoms with van der Waals surface area (Å²) in [5, 5.41) is 14.4. The number of carboxylic acid groups (broad SMARTS) is 1. The third-order valence-corrected chi connectivity index (χ3v) is 4.06. The Morgan fingerprint density at radius 2 is 2.00 bits per heavy atom. The van der Waals surface area contributed by atoms with Crippen molar-refractivity contribution in [3.63, 3.8) is 0 Å². The summed E-state index contributed by atoms with van der Waals surface area (Å²) in [6.07, 6.45) is 2.45. The number of amides is 2. The number of likely N-dealkylation sites (tertiary alicyclic amines) is 1. The number of hydrogen-bond donors (Lipinski definition) is 3. The second kappa shape index (κ2) is 7.42. The van der Waals surface area contributed by atoms with E-state index in [-0.39, 0.29) is 11.6 Å². The number of nitrogens with zero attached hydrogens (tertiary/aromatic N) is 1. The van der Waals surface area contributed by atoms with E-state index in [0.29, 0.717) is 16.7 Å². The van der Waals surface area contributed by atoms with Gasteiger partial charge in [0, 0.05) is 23.2 Å². The van der Waals surface area contributed by atoms with Crippen molar-refractivity contribution in [2.75, 3.05) is 31.5 Å². The first-order valence-corrected chi connectivity index (χ1v) is 7.65. The smallest absolute Gasteiger partial charge is 0.336 e. The van der Waals surface area contributed by atoms with Crippen LogP contribution in [-0.4, -0.2) is 48.2 Å². The molecule has 114 valence electrons. The molecule has 0 unspecified atom stereocenters. The predicted molar refractivity (Wildman–Crippen MR) is 83.8 cm³/mol. The van der Waals surface area contributed by atoms with Crippen molar-refractivity contribution >= 4 is 33.6 Å². The Hall–Kier alpha value is -1.60. The first-order chi connectivity index (χ1) is 10.1. The second-order valence-corrected chi connectivity index (χ2v) is 5.78. The van der Waals surface area contributed by atoms with Gasteiger partial charge in [-0.2, -0.15) is 0 Å². The highest BCUT2D eigenvalue weighted by Gasteiger charge is 2.12. The highest BCUT2D eigenvalue weighted by molar-refractivity contribution is 9.10. The standard InChI is InChI=1S/C14H18BrN3O3/c15-12-4-3-10(9-11(12)13(19)20)17-14(21)16-5-8-18-6-1-2-7-18/h3-4,9H,1-2,5-8H2,(H,19,20)(H2,16,17,21). The molecule has 1 heterocycles. The zero-order chi connectivity index (χ0) is 15.2. The number of nitrogens with one attached hydrogen (secondary N) is 2. The Kier molecular flexibility index (Phi) is 5.58. The van der Waals surface area contributed by atoms with E-state index in [0.717, 1.165) is 19.6 Å². The third-order valence-electron chi connectivity index (χ3n) is 3.37. The van der Waals surface area contributed by atoms with Gasteiger partial charge in [0.05, 0.1) is 5.56 Å². The summed E-state index contributed by atoms with van der Waals surface area (Å²) >= 11 is 3.16. The lowest BCUT2D eigenvalue weighted by molar-refractivity contribution is 0.0696. The Labute approximate surface area is 131 Å². The molecule has 7 heteroatoms. The van der Waals surface area contributed by atoms with Gasteiger partial charge in [-0.3, -0.25) is 0 Å². The molecule has 1 saturated heterocycles. The summed E-state index contributed by atoms with van der Waals surface area (Å²) in [6.45, 7) is 3.61. The SMILES string of the molecule is O=C(NCCN1CCCC1)Nc1ccc(Br)c(C(=O)O)c1. The maximum atomic E-state index is 11.8. The van der Waals surface area contributed by atoms with E-state index in [4.69, 9.17) is 5.11 Å². The van der Waals surface area contributed by atoms with Crippen molar-refractivity contribution in [2.24, 2.45) is 0 Å². The zero-order valence-electron chi connectivity index (χ0n) is 11.6. The lowest BCUT2D eigenvalue weighted by atomic mass is 10.2. The van der Waals surface area contributed by atoms with Crippen molar-refractivity contribution in [1.82, 2.24) is 10.2 Å². The maximum Gasteiger partial charge on any atom is 0.336 e. The van der Waals surface area contributed by atoms with Crippen LogP contribution >= 0.6 is 15.9 Å². The van der Waals surface area contributed by atoms with E-state index in [2.05, 4.69) is 31.5 Å². The first-order valence-electron chi connectivity index (χ1n) is 6.86. The Balaban J connectivity index is 1.81. The number of urea groups is 1. The highest BCUT2D eigenvalue weighted by atomic mass is 79.9. The van der Waals surface area contributed by atoms with Crippen LogP contribution in [0.25, 0.3) is 0 Å². The molecule has 2 amide bonds. The van der Waals surface area contributed by atoms with Crippen LogP contribution < -0.4 is 10.6 Å². The van der Waals surface area contributed by atoms with Gasteiger partial charge in [-0.05, 0) is 60.1 Å². The highest BCUT2D eigenvalue weighted by Crippen LogP contribution is 2.21. The van der Waals surface area contributed by atoms with E-state index in [1.165, 1.54) is 18.9 Å². The number of hydrogen-bond acceptors (Lipinski definition) is 3. The van der Waals surface area contributed by atoms with Gasteiger partial charge in [0.25, 0.3) is 0 Å². The van der Waals surface area contributed by atoms with Crippen LogP contribution in [0, 0.1) is 0 Å². The lowest BCUT2D eigenvalue weighted by Crippen LogP contribution is -2.35. The zero-order valence-corrected chi connectivity index (χ0v) is 13.1. The molecule has 1 aliphatic heterocycles. The fourth-order valence-electron chi connectivity index (χ4n) is 2.28. The number of benzene rings is 1. The molecule has 2 rings (SSSR count). The molecule has 1 aromatic carbocycles. The summed E-state index contributed by atoms with van der Waals surface area (Å²) in [5.41, 5.74) is 0.569. The van der Waals surface area contributed by atoms with Crippen LogP contribution in [0.4, 0.5) is 10.5 Å². The molecule has 0 radical (unpaired) electrons. The van der Waals surface area contributed by atoms with E-state index in [9.17, 15) is 9.59 Å². The first kappa shape index (κ1) is 15.8. The lowest BCUT2D eigenvalue weighted by Gasteiger charge is -2.15. The predicted octanol–water partition coefficient (Wildman–Crippen LogP) is 2.36. The van der Waals surface area contributed by atoms with E-state index in [1.54, 1.807) is 12.1 Å². The van der Waals surface area contributed by atoms with Crippen LogP contribution in [-0.2, 0) is 0 Å². The average Bonchev–Trinajstić information content (AvgIpc) is 2.94. The second-order valence-electron chi connectivity index (χ2n) is 4.93. The summed E-state index contributed by atoms with van der Waals surface area (Å²) in [7, 11) is 0. The molecule has 1 aromatic rings. The molecular weight excluding hydrogens is 338 g/mol. The summed E-state index contributed by atoms with van der Waals surface area (Å²) in [4.78, 5) is 25.1. The number of carbonyl (C=O) groups is 2. The minimum Gasteiger partial charge on any atom is -0.478 e. The van der Waals surface area contributed by atoms with Crippen LogP contribution in [0.2, 0.25) is 0 Å². The summed E-state index contributed by atoms with van der Waals surface area (Å²) < 4.78 is 0.481. The largest absolute Gasteiger partial charge is 0.478 e. The van der Waals surface area contributed by atoms with Gasteiger partial charge in [0.15, 0.2) is 0 Å². The fourth-order valence-corrected chi connectivity index (χ4v) is 2.69. The van der Waals surface area contributed by atoms with Crippen molar-refractivity contribution in [2.45, 2.75) is 12.8 Å². The molecule has 0 spiro atoms. The number of carbonyl (C=O) groups excluding carboxylic acids is 1. The van der Waals surface area contributed by atoms with Crippen molar-refractivity contribution in [1.29, 1.82) is 0 Å². The minimum atomic E-state index is -1.04. The topological polar surface area (TPSA) is 81.7 Å². The molecule has 0 bridgehead atoms. The van der Waals surface area contributed by atoms with Gasteiger partial charge < -0.3 is 20.6 Å². The van der Waals surface area contributed by atoms with Gasteiger partial charge in [0.1, 0.15) is 0 Å². The molecule has 1 aliphatic rings. The maximum absolute atomic E-state index is 11.8. The monoisotopic (exact) mass is 355 g/mol. The molecular formula is C14H18BrN3O3. The Morgan fingerprint density at radius 3 is 2.67 bits per heavy atom. The number of rotatable bonds is 5. The van der Waals surface area contributed by atoms with Gasteiger partial charge in [-0.25, -0.2) is 9.59 Å². The Bertz CT molecular complexity index is 530. The van der Waals surface area contributed by atoms with Crippen LogP contribution in [0.5, 0.6) is 0 Å². The van der Waals surface area contributed by atoms with Crippen molar-refractivity contribution in [3.05, 3.63) is 28.2 Å². The van der Waals surface area contributed by atoms with Crippen molar-refractivity contribution < 1.29 is 14.7 Å². The number of anilines is 1. The molecule has 6 nitrogen and oxygen atoms in total. The van der Waals surface area contributed by atoms with E-state index < -0.39 is 5.97 Å². The van der Waals surface area contributed by atoms with Crippen LogP contribution in [0.3, 0.4) is 0 Å². The van der Waals surface area contributed by atoms with E-state index >= 15 is 0 Å². The third kappa shape index (κ3) is 4.71. The molecule has 21 heavy (non-hydrogen) atoms. The van der Waals surface area contributed by atoms with Gasteiger partial charge >= 0.3 is 12.0 Å². The fraction of sp³-hybridized carbons (Fsp3) is 0.429. The molecule has 0 aliphatic carbocycles. The molecule has 1 fully saturated rings. The summed E-state index contributed by atoms with van der Waals surface area (Å²) in [6, 6.07) is 4.35. The number of carboxylic acids is 1. The molecule has 3 N–H and O–H groups in total. The molecule has 0 aromatic heterocycles. The molecule has 0 atom stereocenters. The quantitative estimate of drug-likeness (QED) is 0.757. The average molecular weight is 356 g/mol. The van der Waals surface area contributed by atoms with Crippen LogP contribution in [0.15, 0.2) is 22.7 Å². The van der Waals surface area contributed by atoms with Gasteiger partial charge in [-0.15, -0.1) is 0 Å². The van der Waals surface area contributed by atoms with Gasteiger partial charge in [0.2, 0.25) is 0 Å². The normalized spacial score (nSPS) is 14.9. The van der Waals surface area contributed by atoms with Gasteiger partial charge in [-0.1, -0.05) is 0 Å².